The molecule has 0 aliphatic rings. The summed E-state index contributed by atoms with van der Waals surface area (Å²) in [4.78, 5) is 11.1. The summed E-state index contributed by atoms with van der Waals surface area (Å²) in [5.41, 5.74) is 4.18. The lowest BCUT2D eigenvalue weighted by Gasteiger charge is -2.00. The van der Waals surface area contributed by atoms with Gasteiger partial charge in [0.2, 0.25) is 0 Å². The minimum absolute atomic E-state index is 0.299. The third kappa shape index (κ3) is 14.9. The van der Waals surface area contributed by atoms with E-state index < -0.39 is 0 Å². The van der Waals surface area contributed by atoms with Gasteiger partial charge in [-0.25, -0.2) is 4.79 Å². The van der Waals surface area contributed by atoms with E-state index in [1.54, 1.807) is 13.0 Å². The van der Waals surface area contributed by atoms with Gasteiger partial charge in [-0.1, -0.05) is 53.2 Å². The van der Waals surface area contributed by atoms with Gasteiger partial charge in [0.25, 0.3) is 0 Å². The van der Waals surface area contributed by atoms with Crippen LogP contribution in [-0.2, 0) is 9.53 Å². The number of rotatable bonds is 10. The summed E-state index contributed by atoms with van der Waals surface area (Å²) in [6, 6.07) is 0. The van der Waals surface area contributed by atoms with Crippen molar-refractivity contribution >= 4 is 5.97 Å². The topological polar surface area (TPSA) is 26.3 Å². The van der Waals surface area contributed by atoms with Crippen molar-refractivity contribution in [1.82, 2.24) is 0 Å². The molecule has 0 spiro atoms. The molecule has 0 saturated carbocycles. The lowest BCUT2D eigenvalue weighted by molar-refractivity contribution is -0.137. The van der Waals surface area contributed by atoms with E-state index in [0.717, 1.165) is 25.7 Å². The maximum Gasteiger partial charge on any atom is 0.330 e. The molecule has 0 rings (SSSR count). The van der Waals surface area contributed by atoms with Crippen molar-refractivity contribution in [3.63, 3.8) is 0 Å². The molecule has 0 bridgehead atoms. The van der Waals surface area contributed by atoms with Gasteiger partial charge in [0.15, 0.2) is 0 Å². The molecule has 0 aromatic rings. The smallest absolute Gasteiger partial charge is 0.330 e. The molecule has 23 heavy (non-hydrogen) atoms. The van der Waals surface area contributed by atoms with E-state index in [0.29, 0.717) is 6.61 Å². The van der Waals surface area contributed by atoms with Gasteiger partial charge in [-0.3, -0.25) is 0 Å². The number of hydrogen-bond donors (Lipinski definition) is 0. The maximum atomic E-state index is 11.1. The molecule has 0 unspecified atom stereocenters. The van der Waals surface area contributed by atoms with Gasteiger partial charge < -0.3 is 4.74 Å². The van der Waals surface area contributed by atoms with Crippen LogP contribution < -0.4 is 0 Å². The molecule has 0 amide bonds. The number of esters is 1. The number of carbonyl (C=O) groups is 1. The maximum absolute atomic E-state index is 11.1. The van der Waals surface area contributed by atoms with Crippen molar-refractivity contribution in [2.75, 3.05) is 6.61 Å². The molecular formula is C21H32O2. The van der Waals surface area contributed by atoms with Crippen molar-refractivity contribution in [3.8, 4) is 0 Å². The van der Waals surface area contributed by atoms with Gasteiger partial charge in [0.05, 0.1) is 6.61 Å². The predicted molar refractivity (Wildman–Crippen MR) is 100 cm³/mol. The highest BCUT2D eigenvalue weighted by atomic mass is 16.5. The van der Waals surface area contributed by atoms with Crippen LogP contribution in [0.5, 0.6) is 0 Å². The van der Waals surface area contributed by atoms with Gasteiger partial charge in [0, 0.05) is 6.08 Å². The molecule has 2 nitrogen and oxygen atoms in total. The van der Waals surface area contributed by atoms with Crippen LogP contribution in [0.1, 0.15) is 60.3 Å². The quantitative estimate of drug-likeness (QED) is 0.211. The summed E-state index contributed by atoms with van der Waals surface area (Å²) in [6.07, 6.45) is 18.1. The Bertz CT molecular complexity index is 484. The zero-order valence-electron chi connectivity index (χ0n) is 15.4. The van der Waals surface area contributed by atoms with Gasteiger partial charge in [-0.05, 0) is 60.3 Å². The second kappa shape index (κ2) is 13.8. The Balaban J connectivity index is 4.06. The Hall–Kier alpha value is -1.83. The van der Waals surface area contributed by atoms with E-state index in [1.807, 2.05) is 12.2 Å². The van der Waals surface area contributed by atoms with Crippen LogP contribution in [0.3, 0.4) is 0 Å². The fourth-order valence-corrected chi connectivity index (χ4v) is 1.93. The van der Waals surface area contributed by atoms with Gasteiger partial charge >= 0.3 is 5.97 Å². The summed E-state index contributed by atoms with van der Waals surface area (Å²) < 4.78 is 4.80. The average molecular weight is 316 g/mol. The first-order valence-electron chi connectivity index (χ1n) is 8.42. The van der Waals surface area contributed by atoms with Gasteiger partial charge in [-0.2, -0.15) is 0 Å². The molecule has 0 N–H and O–H groups in total. The van der Waals surface area contributed by atoms with E-state index in [1.165, 1.54) is 22.8 Å². The van der Waals surface area contributed by atoms with Crippen molar-refractivity contribution in [1.29, 1.82) is 0 Å². The lowest BCUT2D eigenvalue weighted by Crippen LogP contribution is -1.98. The second-order valence-corrected chi connectivity index (χ2v) is 5.92. The third-order valence-corrected chi connectivity index (χ3v) is 3.24. The Kier molecular flexibility index (Phi) is 12.7. The second-order valence-electron chi connectivity index (χ2n) is 5.92. The fourth-order valence-electron chi connectivity index (χ4n) is 1.93. The predicted octanol–water partition coefficient (Wildman–Crippen LogP) is 6.08. The molecule has 0 saturated heterocycles. The van der Waals surface area contributed by atoms with Crippen LogP contribution in [0.15, 0.2) is 59.3 Å². The molecule has 0 atom stereocenters. The molecule has 0 aliphatic carbocycles. The third-order valence-electron chi connectivity index (χ3n) is 3.24. The monoisotopic (exact) mass is 316 g/mol. The molecule has 128 valence electrons. The molecule has 0 fully saturated rings. The molecule has 0 aromatic carbocycles. The zero-order valence-corrected chi connectivity index (χ0v) is 15.4. The fraction of sp³-hybridized carbons (Fsp3) is 0.476. The van der Waals surface area contributed by atoms with Crippen molar-refractivity contribution in [2.24, 2.45) is 0 Å². The van der Waals surface area contributed by atoms with Gasteiger partial charge in [0.1, 0.15) is 0 Å². The highest BCUT2D eigenvalue weighted by Crippen LogP contribution is 2.11. The normalized spacial score (nSPS) is 12.9. The summed E-state index contributed by atoms with van der Waals surface area (Å²) in [5.74, 6) is -0.299. The number of carbonyl (C=O) groups excluding carboxylic acids is 1. The standard InChI is InChI=1S/C21H32O2/c1-6-23-21(22)17-9-7-8-13-19(4)15-11-16-20(5)14-10-12-18(2)3/h7-9,12-13,16-17H,6,10-11,14-15H2,1-5H3/b8-7+,17-9-,19-13+,20-16+. The first-order chi connectivity index (χ1) is 11.0. The first-order valence-corrected chi connectivity index (χ1v) is 8.42. The molecule has 0 heterocycles. The Morgan fingerprint density at radius 3 is 2.17 bits per heavy atom. The number of hydrogen-bond acceptors (Lipinski definition) is 2. The van der Waals surface area contributed by atoms with Crippen molar-refractivity contribution in [3.05, 3.63) is 59.3 Å². The van der Waals surface area contributed by atoms with E-state index in [9.17, 15) is 4.79 Å². The van der Waals surface area contributed by atoms with Gasteiger partial charge in [-0.15, -0.1) is 0 Å². The summed E-state index contributed by atoms with van der Waals surface area (Å²) in [6.45, 7) is 10.8. The molecule has 0 aromatic heterocycles. The van der Waals surface area contributed by atoms with E-state index >= 15 is 0 Å². The van der Waals surface area contributed by atoms with E-state index in [-0.39, 0.29) is 5.97 Å². The number of allylic oxidation sites excluding steroid dienone is 9. The van der Waals surface area contributed by atoms with E-state index in [4.69, 9.17) is 4.74 Å². The SMILES string of the molecule is CCOC(=O)\C=C/C=C/C=C(\C)CC/C=C(\C)CCC=C(C)C. The molecular weight excluding hydrogens is 284 g/mol. The summed E-state index contributed by atoms with van der Waals surface area (Å²) >= 11 is 0. The molecule has 0 radical (unpaired) electrons. The minimum Gasteiger partial charge on any atom is -0.463 e. The van der Waals surface area contributed by atoms with Crippen LogP contribution in [0.2, 0.25) is 0 Å². The minimum atomic E-state index is -0.299. The van der Waals surface area contributed by atoms with Crippen LogP contribution in [0.4, 0.5) is 0 Å². The highest BCUT2D eigenvalue weighted by molar-refractivity contribution is 5.82. The van der Waals surface area contributed by atoms with Crippen LogP contribution in [-0.4, -0.2) is 12.6 Å². The number of ether oxygens (including phenoxy) is 1. The highest BCUT2D eigenvalue weighted by Gasteiger charge is 1.92. The molecule has 0 aliphatic heterocycles. The van der Waals surface area contributed by atoms with Crippen molar-refractivity contribution in [2.45, 2.75) is 60.3 Å². The van der Waals surface area contributed by atoms with Crippen molar-refractivity contribution < 1.29 is 9.53 Å². The zero-order chi connectivity index (χ0) is 17.5. The summed E-state index contributed by atoms with van der Waals surface area (Å²) in [5, 5.41) is 0. The van der Waals surface area contributed by atoms with Crippen LogP contribution in [0.25, 0.3) is 0 Å². The van der Waals surface area contributed by atoms with Crippen LogP contribution >= 0.6 is 0 Å². The summed E-state index contributed by atoms with van der Waals surface area (Å²) in [7, 11) is 0. The van der Waals surface area contributed by atoms with E-state index in [2.05, 4.69) is 45.9 Å². The Morgan fingerprint density at radius 2 is 1.52 bits per heavy atom. The Morgan fingerprint density at radius 1 is 0.870 bits per heavy atom. The Labute approximate surface area is 142 Å². The average Bonchev–Trinajstić information content (AvgIpc) is 2.46. The molecule has 2 heteroatoms. The van der Waals surface area contributed by atoms with Crippen LogP contribution in [0, 0.1) is 0 Å². The first kappa shape index (κ1) is 21.2. The largest absolute Gasteiger partial charge is 0.463 e. The lowest BCUT2D eigenvalue weighted by atomic mass is 10.1.